The molecule has 5 heteroatoms. The molecule has 5 nitrogen and oxygen atoms in total. The molecule has 1 aliphatic heterocycles. The summed E-state index contributed by atoms with van der Waals surface area (Å²) in [5.74, 6) is -0.570. The van der Waals surface area contributed by atoms with E-state index in [1.807, 2.05) is 31.2 Å². The normalized spacial score (nSPS) is 21.9. The fraction of sp³-hybridized carbons (Fsp3) is 0.429. The quantitative estimate of drug-likeness (QED) is 0.843. The first-order chi connectivity index (χ1) is 12.3. The van der Waals surface area contributed by atoms with Gasteiger partial charge in [-0.2, -0.15) is 0 Å². The van der Waals surface area contributed by atoms with Crippen LogP contribution in [0.3, 0.4) is 0 Å². The topological polar surface area (TPSA) is 64.6 Å². The molecular weight excluding hydrogens is 330 g/mol. The number of hydrogen-bond acceptors (Lipinski definition) is 5. The Morgan fingerprint density at radius 3 is 2.38 bits per heavy atom. The van der Waals surface area contributed by atoms with Crippen LogP contribution in [-0.2, 0) is 19.1 Å². The largest absolute Gasteiger partial charge is 0.482 e. The molecule has 1 unspecified atom stereocenters. The number of benzene rings is 1. The molecule has 138 valence electrons. The number of nitrogens with one attached hydrogen (secondary N) is 1. The van der Waals surface area contributed by atoms with Crippen molar-refractivity contribution in [1.82, 2.24) is 5.32 Å². The van der Waals surface area contributed by atoms with E-state index in [2.05, 4.69) is 19.2 Å². The van der Waals surface area contributed by atoms with Crippen molar-refractivity contribution < 1.29 is 19.1 Å². The van der Waals surface area contributed by atoms with Crippen LogP contribution in [0.2, 0.25) is 0 Å². The first-order valence-corrected chi connectivity index (χ1v) is 8.73. The van der Waals surface area contributed by atoms with Gasteiger partial charge in [-0.05, 0) is 24.3 Å². The Hall–Kier alpha value is -2.56. The zero-order valence-corrected chi connectivity index (χ0v) is 15.9. The number of ether oxygens (including phenoxy) is 2. The second-order valence-corrected chi connectivity index (χ2v) is 7.74. The van der Waals surface area contributed by atoms with Crippen LogP contribution in [0, 0.1) is 12.3 Å². The van der Waals surface area contributed by atoms with Gasteiger partial charge in [0.05, 0.1) is 20.1 Å². The SMILES string of the molecule is COC(=O)C1=C(OC)NC2=C(C(=O)CC(C)(C)C2)C1c1ccc(C)cc1. The highest BCUT2D eigenvalue weighted by atomic mass is 16.5. The minimum atomic E-state index is -0.496. The van der Waals surface area contributed by atoms with Crippen LogP contribution in [0.4, 0.5) is 0 Å². The number of carbonyl (C=O) groups excluding carboxylic acids is 2. The Kier molecular flexibility index (Phi) is 4.65. The molecule has 0 saturated carbocycles. The van der Waals surface area contributed by atoms with Gasteiger partial charge in [0.15, 0.2) is 5.78 Å². The highest BCUT2D eigenvalue weighted by molar-refractivity contribution is 6.04. The summed E-state index contributed by atoms with van der Waals surface area (Å²) >= 11 is 0. The standard InChI is InChI=1S/C21H25NO4/c1-12-6-8-13(9-7-12)16-17-14(10-21(2,3)11-15(17)23)22-19(25-4)18(16)20(24)26-5/h6-9,16,22H,10-11H2,1-5H3. The van der Waals surface area contributed by atoms with E-state index in [0.717, 1.165) is 23.2 Å². The molecule has 2 aliphatic rings. The Morgan fingerprint density at radius 1 is 1.15 bits per heavy atom. The number of esters is 1. The highest BCUT2D eigenvalue weighted by Crippen LogP contribution is 2.46. The zero-order chi connectivity index (χ0) is 19.1. The monoisotopic (exact) mass is 355 g/mol. The smallest absolute Gasteiger partial charge is 0.340 e. The van der Waals surface area contributed by atoms with Crippen LogP contribution in [0.15, 0.2) is 47.0 Å². The van der Waals surface area contributed by atoms with Gasteiger partial charge in [-0.25, -0.2) is 4.79 Å². The van der Waals surface area contributed by atoms with Gasteiger partial charge in [0.1, 0.15) is 5.57 Å². The van der Waals surface area contributed by atoms with Crippen LogP contribution in [0.1, 0.15) is 43.7 Å². The number of aryl methyl sites for hydroxylation is 1. The fourth-order valence-electron chi connectivity index (χ4n) is 3.83. The predicted molar refractivity (Wildman–Crippen MR) is 98.2 cm³/mol. The van der Waals surface area contributed by atoms with Gasteiger partial charge in [0.2, 0.25) is 5.88 Å². The van der Waals surface area contributed by atoms with Crippen molar-refractivity contribution in [2.75, 3.05) is 14.2 Å². The molecule has 0 radical (unpaired) electrons. The van der Waals surface area contributed by atoms with Gasteiger partial charge >= 0.3 is 5.97 Å². The number of methoxy groups -OCH3 is 2. The first-order valence-electron chi connectivity index (χ1n) is 8.73. The van der Waals surface area contributed by atoms with Crippen molar-refractivity contribution in [3.05, 3.63) is 58.1 Å². The van der Waals surface area contributed by atoms with Crippen molar-refractivity contribution in [3.8, 4) is 0 Å². The Bertz CT molecular complexity index is 815. The van der Waals surface area contributed by atoms with Gasteiger partial charge < -0.3 is 14.8 Å². The summed E-state index contributed by atoms with van der Waals surface area (Å²) in [6.07, 6.45) is 1.17. The summed E-state index contributed by atoms with van der Waals surface area (Å²) in [4.78, 5) is 25.6. The lowest BCUT2D eigenvalue weighted by molar-refractivity contribution is -0.136. The summed E-state index contributed by atoms with van der Waals surface area (Å²) in [5, 5.41) is 3.18. The van der Waals surface area contributed by atoms with Crippen molar-refractivity contribution >= 4 is 11.8 Å². The molecule has 26 heavy (non-hydrogen) atoms. The molecule has 0 amide bonds. The van der Waals surface area contributed by atoms with Gasteiger partial charge in [0, 0.05) is 17.7 Å². The maximum absolute atomic E-state index is 13.0. The number of hydrogen-bond donors (Lipinski definition) is 1. The number of ketones is 1. The molecule has 1 heterocycles. The van der Waals surface area contributed by atoms with E-state index in [1.165, 1.54) is 14.2 Å². The van der Waals surface area contributed by atoms with E-state index in [1.54, 1.807) is 0 Å². The predicted octanol–water partition coefficient (Wildman–Crippen LogP) is 3.36. The molecule has 3 rings (SSSR count). The maximum Gasteiger partial charge on any atom is 0.340 e. The molecule has 0 saturated heterocycles. The molecule has 1 N–H and O–H groups in total. The molecule has 1 aromatic carbocycles. The fourth-order valence-corrected chi connectivity index (χ4v) is 3.83. The van der Waals surface area contributed by atoms with Gasteiger partial charge in [-0.1, -0.05) is 43.7 Å². The number of dihydropyridines is 1. The van der Waals surface area contributed by atoms with Crippen molar-refractivity contribution in [2.45, 2.75) is 39.5 Å². The van der Waals surface area contributed by atoms with Crippen molar-refractivity contribution in [1.29, 1.82) is 0 Å². The lowest BCUT2D eigenvalue weighted by Crippen LogP contribution is -2.39. The first kappa shape index (κ1) is 18.2. The molecule has 0 spiro atoms. The molecule has 0 aromatic heterocycles. The van der Waals surface area contributed by atoms with E-state index in [-0.39, 0.29) is 11.2 Å². The van der Waals surface area contributed by atoms with Gasteiger partial charge in [-0.15, -0.1) is 0 Å². The molecule has 0 bridgehead atoms. The van der Waals surface area contributed by atoms with Crippen LogP contribution >= 0.6 is 0 Å². The van der Waals surface area contributed by atoms with Crippen LogP contribution in [-0.4, -0.2) is 26.0 Å². The second kappa shape index (κ2) is 6.63. The van der Waals surface area contributed by atoms with E-state index in [4.69, 9.17) is 9.47 Å². The summed E-state index contributed by atoms with van der Waals surface area (Å²) in [6, 6.07) is 7.88. The van der Waals surface area contributed by atoms with E-state index in [0.29, 0.717) is 23.5 Å². The average Bonchev–Trinajstić information content (AvgIpc) is 2.59. The summed E-state index contributed by atoms with van der Waals surface area (Å²) in [7, 11) is 2.85. The third kappa shape index (κ3) is 3.14. The molecule has 1 aliphatic carbocycles. The molecule has 1 atom stereocenters. The average molecular weight is 355 g/mol. The Balaban J connectivity index is 2.22. The molecule has 1 aromatic rings. The number of Topliss-reactive ketones (excluding diaryl/α,β-unsaturated/α-hetero) is 1. The van der Waals surface area contributed by atoms with Crippen LogP contribution < -0.4 is 5.32 Å². The number of rotatable bonds is 3. The molecular formula is C21H25NO4. The van der Waals surface area contributed by atoms with Crippen LogP contribution in [0.5, 0.6) is 0 Å². The summed E-state index contributed by atoms with van der Waals surface area (Å²) in [6.45, 7) is 6.15. The Morgan fingerprint density at radius 2 is 1.81 bits per heavy atom. The second-order valence-electron chi connectivity index (χ2n) is 7.74. The summed E-state index contributed by atoms with van der Waals surface area (Å²) in [5.41, 5.74) is 3.68. The van der Waals surface area contributed by atoms with Crippen molar-refractivity contribution in [3.63, 3.8) is 0 Å². The number of allylic oxidation sites excluding steroid dienone is 2. The van der Waals surface area contributed by atoms with Crippen molar-refractivity contribution in [2.24, 2.45) is 5.41 Å². The minimum absolute atomic E-state index is 0.0610. The van der Waals surface area contributed by atoms with E-state index >= 15 is 0 Å². The molecule has 0 fully saturated rings. The van der Waals surface area contributed by atoms with E-state index < -0.39 is 11.9 Å². The third-order valence-corrected chi connectivity index (χ3v) is 5.03. The highest BCUT2D eigenvalue weighted by Gasteiger charge is 2.44. The Labute approximate surface area is 154 Å². The lowest BCUT2D eigenvalue weighted by atomic mass is 9.69. The van der Waals surface area contributed by atoms with Crippen LogP contribution in [0.25, 0.3) is 0 Å². The minimum Gasteiger partial charge on any atom is -0.482 e. The summed E-state index contributed by atoms with van der Waals surface area (Å²) < 4.78 is 10.5. The van der Waals surface area contributed by atoms with Gasteiger partial charge in [0.25, 0.3) is 0 Å². The third-order valence-electron chi connectivity index (χ3n) is 5.03. The van der Waals surface area contributed by atoms with E-state index in [9.17, 15) is 9.59 Å². The van der Waals surface area contributed by atoms with Gasteiger partial charge in [-0.3, -0.25) is 4.79 Å². The lowest BCUT2D eigenvalue weighted by Gasteiger charge is -2.39. The maximum atomic E-state index is 13.0. The number of carbonyl (C=O) groups is 2. The zero-order valence-electron chi connectivity index (χ0n) is 15.9.